The Kier molecular flexibility index (Phi) is 7.10. The van der Waals surface area contributed by atoms with Crippen molar-refractivity contribution in [3.05, 3.63) is 104 Å². The highest BCUT2D eigenvalue weighted by Crippen LogP contribution is 2.32. The van der Waals surface area contributed by atoms with Crippen LogP contribution in [0.15, 0.2) is 77.6 Å². The lowest BCUT2D eigenvalue weighted by Gasteiger charge is -2.33. The molecule has 0 bridgehead atoms. The number of piperidine rings is 1. The Bertz CT molecular complexity index is 1270. The van der Waals surface area contributed by atoms with Gasteiger partial charge in [-0.05, 0) is 79.8 Å². The van der Waals surface area contributed by atoms with E-state index in [1.807, 2.05) is 53.1 Å². The maximum atomic E-state index is 12.6. The fraction of sp³-hybridized carbons (Fsp3) is 0.321. The molecule has 176 valence electrons. The molecule has 4 nitrogen and oxygen atoms in total. The Labute approximate surface area is 210 Å². The zero-order valence-electron chi connectivity index (χ0n) is 19.1. The summed E-state index contributed by atoms with van der Waals surface area (Å²) in [6.45, 7) is 3.07. The Morgan fingerprint density at radius 1 is 0.882 bits per heavy atom. The molecule has 2 heterocycles. The smallest absolute Gasteiger partial charge is 0.306 e. The molecular weight excluding hydrogens is 465 g/mol. The molecule has 0 atom stereocenters. The molecule has 5 rings (SSSR count). The molecule has 1 aliphatic heterocycles. The Balaban J connectivity index is 1.22. The number of para-hydroxylation sites is 2. The van der Waals surface area contributed by atoms with Gasteiger partial charge in [0.25, 0.3) is 0 Å². The van der Waals surface area contributed by atoms with E-state index >= 15 is 0 Å². The van der Waals surface area contributed by atoms with Crippen LogP contribution < -0.4 is 5.69 Å². The minimum Gasteiger partial charge on any atom is -0.306 e. The van der Waals surface area contributed by atoms with Crippen LogP contribution in [-0.2, 0) is 0 Å². The lowest BCUT2D eigenvalue weighted by atomic mass is 9.87. The van der Waals surface area contributed by atoms with Crippen LogP contribution in [0.1, 0.15) is 48.8 Å². The predicted molar refractivity (Wildman–Crippen MR) is 141 cm³/mol. The first-order valence-electron chi connectivity index (χ1n) is 12.0. The third kappa shape index (κ3) is 5.10. The third-order valence-corrected chi connectivity index (χ3v) is 7.49. The van der Waals surface area contributed by atoms with E-state index in [1.165, 1.54) is 11.1 Å². The van der Waals surface area contributed by atoms with Crippen molar-refractivity contribution < 1.29 is 0 Å². The summed E-state index contributed by atoms with van der Waals surface area (Å²) in [7, 11) is 0. The van der Waals surface area contributed by atoms with Crippen LogP contribution in [0, 0.1) is 0 Å². The summed E-state index contributed by atoms with van der Waals surface area (Å²) in [5.41, 5.74) is 4.39. The van der Waals surface area contributed by atoms with Crippen molar-refractivity contribution in [1.29, 1.82) is 0 Å². The van der Waals surface area contributed by atoms with E-state index in [1.54, 1.807) is 0 Å². The third-order valence-electron chi connectivity index (χ3n) is 7.02. The van der Waals surface area contributed by atoms with Gasteiger partial charge in [0.1, 0.15) is 0 Å². The molecule has 1 N–H and O–H groups in total. The van der Waals surface area contributed by atoms with E-state index in [0.717, 1.165) is 66.4 Å². The molecule has 1 aliphatic rings. The summed E-state index contributed by atoms with van der Waals surface area (Å²) < 4.78 is 1.96. The SMILES string of the molecule is O=c1[nH]c2ccccc2n1C1CCN(CCCC(c2cccc(Cl)c2)c2cccc(Cl)c2)CC1. The summed E-state index contributed by atoms with van der Waals surface area (Å²) in [6.07, 6.45) is 4.10. The highest BCUT2D eigenvalue weighted by Gasteiger charge is 2.24. The number of fused-ring (bicyclic) bond motifs is 1. The van der Waals surface area contributed by atoms with Gasteiger partial charge in [-0.25, -0.2) is 4.79 Å². The maximum absolute atomic E-state index is 12.6. The van der Waals surface area contributed by atoms with Crippen LogP contribution in [0.2, 0.25) is 10.0 Å². The van der Waals surface area contributed by atoms with Gasteiger partial charge in [0.2, 0.25) is 0 Å². The minimum absolute atomic E-state index is 0.00513. The zero-order valence-corrected chi connectivity index (χ0v) is 20.6. The number of hydrogen-bond acceptors (Lipinski definition) is 2. The number of aromatic nitrogens is 2. The summed E-state index contributed by atoms with van der Waals surface area (Å²) in [6, 6.07) is 24.5. The number of halogens is 2. The summed E-state index contributed by atoms with van der Waals surface area (Å²) in [5, 5.41) is 1.53. The van der Waals surface area contributed by atoms with Gasteiger partial charge >= 0.3 is 5.69 Å². The van der Waals surface area contributed by atoms with Crippen LogP contribution in [0.3, 0.4) is 0 Å². The van der Waals surface area contributed by atoms with Crippen molar-refractivity contribution in [2.45, 2.75) is 37.6 Å². The summed E-state index contributed by atoms with van der Waals surface area (Å²) in [5.74, 6) is 0.264. The van der Waals surface area contributed by atoms with E-state index in [2.05, 4.69) is 34.1 Å². The van der Waals surface area contributed by atoms with Crippen molar-refractivity contribution in [3.8, 4) is 0 Å². The quantitative estimate of drug-likeness (QED) is 0.304. The number of nitrogens with zero attached hydrogens (tertiary/aromatic N) is 2. The average Bonchev–Trinajstić information content (AvgIpc) is 3.18. The topological polar surface area (TPSA) is 41.0 Å². The van der Waals surface area contributed by atoms with Gasteiger partial charge in [-0.3, -0.25) is 4.57 Å². The molecule has 0 spiro atoms. The first-order valence-corrected chi connectivity index (χ1v) is 12.8. The van der Waals surface area contributed by atoms with Crippen LogP contribution >= 0.6 is 23.2 Å². The first-order chi connectivity index (χ1) is 16.6. The van der Waals surface area contributed by atoms with Crippen LogP contribution in [0.25, 0.3) is 11.0 Å². The highest BCUT2D eigenvalue weighted by atomic mass is 35.5. The second-order valence-electron chi connectivity index (χ2n) is 9.19. The number of imidazole rings is 1. The number of rotatable bonds is 7. The van der Waals surface area contributed by atoms with Crippen molar-refractivity contribution in [2.75, 3.05) is 19.6 Å². The van der Waals surface area contributed by atoms with Crippen molar-refractivity contribution in [2.24, 2.45) is 0 Å². The second kappa shape index (κ2) is 10.4. The molecule has 6 heteroatoms. The van der Waals surface area contributed by atoms with E-state index in [-0.39, 0.29) is 17.6 Å². The van der Waals surface area contributed by atoms with Gasteiger partial charge in [-0.1, -0.05) is 59.6 Å². The standard InChI is InChI=1S/C28H29Cl2N3O/c29-22-8-3-6-20(18-22)25(21-7-4-9-23(30)19-21)10-5-15-32-16-13-24(14-17-32)33-27-12-2-1-11-26(27)31-28(33)34/h1-4,6-9,11-12,18-19,24-25H,5,10,13-17H2,(H,31,34). The maximum Gasteiger partial charge on any atom is 0.326 e. The molecule has 4 aromatic rings. The Morgan fingerprint density at radius 2 is 1.53 bits per heavy atom. The monoisotopic (exact) mass is 493 g/mol. The van der Waals surface area contributed by atoms with Gasteiger partial charge in [-0.15, -0.1) is 0 Å². The molecule has 34 heavy (non-hydrogen) atoms. The molecule has 1 aromatic heterocycles. The van der Waals surface area contributed by atoms with Crippen molar-refractivity contribution in [1.82, 2.24) is 14.5 Å². The molecule has 1 fully saturated rings. The molecular formula is C28H29Cl2N3O. The Hall–Kier alpha value is -2.53. The van der Waals surface area contributed by atoms with E-state index in [4.69, 9.17) is 23.2 Å². The highest BCUT2D eigenvalue weighted by molar-refractivity contribution is 6.31. The second-order valence-corrected chi connectivity index (χ2v) is 10.1. The van der Waals surface area contributed by atoms with Crippen LogP contribution in [-0.4, -0.2) is 34.1 Å². The molecule has 1 saturated heterocycles. The number of aromatic amines is 1. The zero-order chi connectivity index (χ0) is 23.5. The number of likely N-dealkylation sites (tertiary alicyclic amines) is 1. The lowest BCUT2D eigenvalue weighted by Crippen LogP contribution is -2.37. The fourth-order valence-electron chi connectivity index (χ4n) is 5.33. The first kappa shape index (κ1) is 23.2. The molecule has 0 aliphatic carbocycles. The van der Waals surface area contributed by atoms with Gasteiger partial charge < -0.3 is 9.88 Å². The molecule has 0 amide bonds. The average molecular weight is 494 g/mol. The van der Waals surface area contributed by atoms with Crippen LogP contribution in [0.4, 0.5) is 0 Å². The predicted octanol–water partition coefficient (Wildman–Crippen LogP) is 6.89. The van der Waals surface area contributed by atoms with E-state index in [0.29, 0.717) is 0 Å². The van der Waals surface area contributed by atoms with E-state index in [9.17, 15) is 4.79 Å². The largest absolute Gasteiger partial charge is 0.326 e. The normalized spacial score (nSPS) is 15.4. The number of hydrogen-bond donors (Lipinski definition) is 1. The van der Waals surface area contributed by atoms with Gasteiger partial charge in [0.05, 0.1) is 11.0 Å². The van der Waals surface area contributed by atoms with Crippen molar-refractivity contribution in [3.63, 3.8) is 0 Å². The minimum atomic E-state index is 0.00513. The van der Waals surface area contributed by atoms with Crippen LogP contribution in [0.5, 0.6) is 0 Å². The fourth-order valence-corrected chi connectivity index (χ4v) is 5.73. The number of H-pyrrole nitrogens is 1. The molecule has 0 saturated carbocycles. The van der Waals surface area contributed by atoms with Gasteiger partial charge in [-0.2, -0.15) is 0 Å². The number of nitrogens with one attached hydrogen (secondary N) is 1. The summed E-state index contributed by atoms with van der Waals surface area (Å²) >= 11 is 12.6. The van der Waals surface area contributed by atoms with E-state index < -0.39 is 0 Å². The molecule has 3 aromatic carbocycles. The van der Waals surface area contributed by atoms with Crippen molar-refractivity contribution >= 4 is 34.2 Å². The molecule has 0 unspecified atom stereocenters. The molecule has 0 radical (unpaired) electrons. The summed E-state index contributed by atoms with van der Waals surface area (Å²) in [4.78, 5) is 18.1. The van der Waals surface area contributed by atoms with Gasteiger partial charge in [0.15, 0.2) is 0 Å². The Morgan fingerprint density at radius 3 is 2.18 bits per heavy atom. The number of benzene rings is 3. The van der Waals surface area contributed by atoms with Gasteiger partial charge in [0, 0.05) is 35.1 Å². The lowest BCUT2D eigenvalue weighted by molar-refractivity contribution is 0.183.